The van der Waals surface area contributed by atoms with E-state index in [1.807, 2.05) is 0 Å². The third-order valence-electron chi connectivity index (χ3n) is 5.45. The molecular weight excluding hydrogens is 438 g/mol. The Balaban J connectivity index is 1.46. The summed E-state index contributed by atoms with van der Waals surface area (Å²) >= 11 is 1.17. The maximum Gasteiger partial charge on any atom is 0.328 e. The van der Waals surface area contributed by atoms with Crippen LogP contribution in [0.4, 0.5) is 0 Å². The number of nitrogens with zero attached hydrogens (tertiary/aromatic N) is 4. The van der Waals surface area contributed by atoms with Crippen LogP contribution in [-0.2, 0) is 29.4 Å². The van der Waals surface area contributed by atoms with Gasteiger partial charge in [-0.15, -0.1) is 11.3 Å². The van der Waals surface area contributed by atoms with E-state index in [9.17, 15) is 18.0 Å². The molecule has 0 atom stereocenters. The summed E-state index contributed by atoms with van der Waals surface area (Å²) in [6.07, 6.45) is 8.41. The van der Waals surface area contributed by atoms with Crippen LogP contribution in [0, 0.1) is 0 Å². The van der Waals surface area contributed by atoms with Crippen LogP contribution in [0.3, 0.4) is 0 Å². The van der Waals surface area contributed by atoms with Gasteiger partial charge in [0.1, 0.15) is 10.5 Å². The Hall–Kier alpha value is -2.63. The molecule has 0 aliphatic heterocycles. The highest BCUT2D eigenvalue weighted by Crippen LogP contribution is 2.31. The van der Waals surface area contributed by atoms with Gasteiger partial charge in [0.15, 0.2) is 0 Å². The zero-order valence-corrected chi connectivity index (χ0v) is 18.7. The zero-order valence-electron chi connectivity index (χ0n) is 17.1. The van der Waals surface area contributed by atoms with Crippen molar-refractivity contribution >= 4 is 21.4 Å². The predicted molar refractivity (Wildman–Crippen MR) is 118 cm³/mol. The van der Waals surface area contributed by atoms with Gasteiger partial charge in [0, 0.05) is 54.2 Å². The lowest BCUT2D eigenvalue weighted by Gasteiger charge is -2.21. The quantitative estimate of drug-likeness (QED) is 0.572. The summed E-state index contributed by atoms with van der Waals surface area (Å²) in [5, 5.41) is 0. The second kappa shape index (κ2) is 8.85. The number of sulfonamides is 1. The average molecular weight is 462 g/mol. The van der Waals surface area contributed by atoms with Crippen LogP contribution in [0.25, 0.3) is 10.4 Å². The number of hydrogen-bond acceptors (Lipinski definition) is 7. The molecule has 4 rings (SSSR count). The highest BCUT2D eigenvalue weighted by atomic mass is 32.2. The summed E-state index contributed by atoms with van der Waals surface area (Å²) < 4.78 is 29.0. The monoisotopic (exact) mass is 461 g/mol. The number of H-pyrrole nitrogens is 1. The van der Waals surface area contributed by atoms with Gasteiger partial charge in [-0.25, -0.2) is 27.5 Å². The fourth-order valence-corrected chi connectivity index (χ4v) is 6.50. The topological polar surface area (TPSA) is 118 Å². The molecule has 0 bridgehead atoms. The normalized spacial score (nSPS) is 14.0. The van der Waals surface area contributed by atoms with Crippen LogP contribution in [0.2, 0.25) is 0 Å². The number of aromatic nitrogens is 4. The van der Waals surface area contributed by atoms with Crippen molar-refractivity contribution in [2.45, 2.75) is 42.9 Å². The van der Waals surface area contributed by atoms with Crippen molar-refractivity contribution in [3.05, 3.63) is 62.9 Å². The lowest BCUT2D eigenvalue weighted by Crippen LogP contribution is -2.37. The molecule has 3 aromatic heterocycles. The summed E-state index contributed by atoms with van der Waals surface area (Å²) in [7, 11) is -2.12. The fourth-order valence-electron chi connectivity index (χ4n) is 3.80. The molecule has 1 aliphatic rings. The fraction of sp³-hybridized carbons (Fsp3) is 0.400. The standard InChI is InChI=1S/C20H23N5O4S2/c1-24(31(28,29)18-8-7-17(30-18)14-11-21-13-22-12-14)9-4-10-25-16-6-3-2-5-15(16)19(26)23-20(25)27/h7-8,11-13H,2-6,9-10H2,1H3,(H,23,26,27). The first kappa shape index (κ1) is 21.6. The molecule has 0 saturated carbocycles. The molecule has 0 unspecified atom stereocenters. The Morgan fingerprint density at radius 2 is 1.90 bits per heavy atom. The average Bonchev–Trinajstić information content (AvgIpc) is 3.28. The maximum absolute atomic E-state index is 13.0. The third kappa shape index (κ3) is 4.39. The van der Waals surface area contributed by atoms with E-state index in [0.29, 0.717) is 31.4 Å². The van der Waals surface area contributed by atoms with Gasteiger partial charge in [0.2, 0.25) is 0 Å². The Morgan fingerprint density at radius 1 is 1.16 bits per heavy atom. The Kier molecular flexibility index (Phi) is 6.17. The zero-order chi connectivity index (χ0) is 22.0. The highest BCUT2D eigenvalue weighted by Gasteiger charge is 2.24. The molecule has 3 aromatic rings. The summed E-state index contributed by atoms with van der Waals surface area (Å²) in [6.45, 7) is 0.610. The van der Waals surface area contributed by atoms with Crippen molar-refractivity contribution in [1.82, 2.24) is 23.8 Å². The van der Waals surface area contributed by atoms with Crippen molar-refractivity contribution in [3.63, 3.8) is 0 Å². The molecule has 1 aliphatic carbocycles. The number of fused-ring (bicyclic) bond motifs is 1. The van der Waals surface area contributed by atoms with E-state index in [-0.39, 0.29) is 16.3 Å². The second-order valence-corrected chi connectivity index (χ2v) is 10.8. The Morgan fingerprint density at radius 3 is 2.68 bits per heavy atom. The van der Waals surface area contributed by atoms with Crippen LogP contribution >= 0.6 is 11.3 Å². The maximum atomic E-state index is 13.0. The third-order valence-corrected chi connectivity index (χ3v) is 8.91. The molecule has 31 heavy (non-hydrogen) atoms. The lowest BCUT2D eigenvalue weighted by atomic mass is 9.97. The van der Waals surface area contributed by atoms with Crippen LogP contribution in [0.5, 0.6) is 0 Å². The molecule has 11 heteroatoms. The molecule has 9 nitrogen and oxygen atoms in total. The number of thiophene rings is 1. The van der Waals surface area contributed by atoms with E-state index in [0.717, 1.165) is 29.0 Å². The number of hydrogen-bond donors (Lipinski definition) is 1. The second-order valence-electron chi connectivity index (χ2n) is 7.47. The molecule has 0 aromatic carbocycles. The summed E-state index contributed by atoms with van der Waals surface area (Å²) in [5.41, 5.74) is 1.51. The lowest BCUT2D eigenvalue weighted by molar-refractivity contribution is 0.437. The molecule has 3 heterocycles. The van der Waals surface area contributed by atoms with E-state index in [2.05, 4.69) is 15.0 Å². The van der Waals surface area contributed by atoms with E-state index in [4.69, 9.17) is 0 Å². The first-order valence-corrected chi connectivity index (χ1v) is 12.3. The van der Waals surface area contributed by atoms with Crippen LogP contribution < -0.4 is 11.2 Å². The van der Waals surface area contributed by atoms with Crippen molar-refractivity contribution < 1.29 is 8.42 Å². The van der Waals surface area contributed by atoms with Crippen molar-refractivity contribution in [3.8, 4) is 10.4 Å². The first-order chi connectivity index (χ1) is 14.9. The smallest absolute Gasteiger partial charge is 0.297 e. The van der Waals surface area contributed by atoms with Gasteiger partial charge in [-0.05, 0) is 44.2 Å². The SMILES string of the molecule is CN(CCCn1c2c(c(=O)[nH]c1=O)CCCC2)S(=O)(=O)c1ccc(-c2cncnc2)s1. The van der Waals surface area contributed by atoms with Crippen molar-refractivity contribution in [2.24, 2.45) is 0 Å². The van der Waals surface area contributed by atoms with Gasteiger partial charge >= 0.3 is 5.69 Å². The molecule has 164 valence electrons. The van der Waals surface area contributed by atoms with E-state index in [1.54, 1.807) is 29.1 Å². The summed E-state index contributed by atoms with van der Waals surface area (Å²) in [4.78, 5) is 35.5. The van der Waals surface area contributed by atoms with Gasteiger partial charge in [0.05, 0.1) is 0 Å². The van der Waals surface area contributed by atoms with Gasteiger partial charge < -0.3 is 0 Å². The van der Waals surface area contributed by atoms with Crippen molar-refractivity contribution in [1.29, 1.82) is 0 Å². The van der Waals surface area contributed by atoms with Crippen LogP contribution in [0.15, 0.2) is 44.7 Å². The highest BCUT2D eigenvalue weighted by molar-refractivity contribution is 7.91. The minimum atomic E-state index is -3.65. The van der Waals surface area contributed by atoms with E-state index in [1.165, 1.54) is 29.0 Å². The van der Waals surface area contributed by atoms with Gasteiger partial charge in [-0.2, -0.15) is 0 Å². The summed E-state index contributed by atoms with van der Waals surface area (Å²) in [5.74, 6) is 0. The molecule has 1 N–H and O–H groups in total. The largest absolute Gasteiger partial charge is 0.328 e. The van der Waals surface area contributed by atoms with Crippen LogP contribution in [0.1, 0.15) is 30.5 Å². The van der Waals surface area contributed by atoms with Crippen molar-refractivity contribution in [2.75, 3.05) is 13.6 Å². The minimum Gasteiger partial charge on any atom is -0.297 e. The van der Waals surface area contributed by atoms with Gasteiger partial charge in [-0.1, -0.05) is 0 Å². The molecule has 0 saturated heterocycles. The molecule has 0 spiro atoms. The number of nitrogens with one attached hydrogen (secondary N) is 1. The van der Waals surface area contributed by atoms with E-state index >= 15 is 0 Å². The molecular formula is C20H23N5O4S2. The van der Waals surface area contributed by atoms with Gasteiger partial charge in [-0.3, -0.25) is 14.3 Å². The molecule has 0 amide bonds. The number of aromatic amines is 1. The Labute approximate surface area is 183 Å². The van der Waals surface area contributed by atoms with E-state index < -0.39 is 15.7 Å². The minimum absolute atomic E-state index is 0.243. The first-order valence-electron chi connectivity index (χ1n) is 10.0. The summed E-state index contributed by atoms with van der Waals surface area (Å²) in [6, 6.07) is 3.33. The Bertz CT molecular complexity index is 1300. The molecule has 0 fully saturated rings. The number of rotatable bonds is 7. The predicted octanol–water partition coefficient (Wildman–Crippen LogP) is 1.64. The van der Waals surface area contributed by atoms with Crippen LogP contribution in [-0.4, -0.2) is 45.8 Å². The van der Waals surface area contributed by atoms with Gasteiger partial charge in [0.25, 0.3) is 15.6 Å². The molecule has 0 radical (unpaired) electrons.